The summed E-state index contributed by atoms with van der Waals surface area (Å²) in [5, 5.41) is 7.21. The van der Waals surface area contributed by atoms with Crippen molar-refractivity contribution in [2.45, 2.75) is 26.2 Å². The van der Waals surface area contributed by atoms with Gasteiger partial charge < -0.3 is 15.4 Å². The van der Waals surface area contributed by atoms with Crippen LogP contribution in [-0.4, -0.2) is 51.2 Å². The third kappa shape index (κ3) is 4.27. The normalized spacial score (nSPS) is 14.7. The zero-order chi connectivity index (χ0) is 21.1. The van der Waals surface area contributed by atoms with Crippen LogP contribution in [0.25, 0.3) is 11.3 Å². The molecule has 0 spiro atoms. The number of para-hydroxylation sites is 1. The number of amides is 1. The van der Waals surface area contributed by atoms with E-state index in [2.05, 4.69) is 20.2 Å². The largest absolute Gasteiger partial charge is 0.496 e. The number of hydrogen-bond donors (Lipinski definition) is 2. The van der Waals surface area contributed by atoms with Crippen LogP contribution in [0.5, 0.6) is 5.75 Å². The molecule has 8 nitrogen and oxygen atoms in total. The number of aromatic nitrogens is 4. The molecule has 156 valence electrons. The second-order valence-electron chi connectivity index (χ2n) is 7.64. The van der Waals surface area contributed by atoms with Crippen LogP contribution in [0.3, 0.4) is 0 Å². The number of nitrogens with zero attached hydrogens (tertiary/aromatic N) is 4. The predicted octanol–water partition coefficient (Wildman–Crippen LogP) is 2.86. The van der Waals surface area contributed by atoms with Crippen molar-refractivity contribution in [1.82, 2.24) is 25.1 Å². The number of ether oxygens (including phenoxy) is 1. The average molecular weight is 406 g/mol. The van der Waals surface area contributed by atoms with Crippen molar-refractivity contribution in [3.8, 4) is 17.0 Å². The van der Waals surface area contributed by atoms with Crippen LogP contribution in [0.2, 0.25) is 0 Å². The standard InChI is InChI=1S/C22H26N6O2/c1-14-24-16(12-21(23)25-14)11-15-7-9-28(10-8-15)22(29)19-13-18(26-27-19)17-5-3-4-6-20(17)30-2/h3-6,12-13,15H,7-11H2,1-2H3,(H,26,27)(H2,23,24,25). The highest BCUT2D eigenvalue weighted by Crippen LogP contribution is 2.29. The summed E-state index contributed by atoms with van der Waals surface area (Å²) in [6.45, 7) is 3.28. The molecule has 1 aromatic carbocycles. The Labute approximate surface area is 175 Å². The smallest absolute Gasteiger partial charge is 0.271 e. The fraction of sp³-hybridized carbons (Fsp3) is 0.364. The van der Waals surface area contributed by atoms with Crippen LogP contribution < -0.4 is 10.5 Å². The minimum atomic E-state index is -0.0239. The second kappa shape index (κ2) is 8.52. The molecule has 3 N–H and O–H groups in total. The third-order valence-electron chi connectivity index (χ3n) is 5.50. The van der Waals surface area contributed by atoms with Gasteiger partial charge in [0.25, 0.3) is 5.91 Å². The molecule has 1 aliphatic heterocycles. The molecule has 0 radical (unpaired) electrons. The van der Waals surface area contributed by atoms with E-state index < -0.39 is 0 Å². The monoisotopic (exact) mass is 406 g/mol. The maximum atomic E-state index is 12.9. The molecule has 8 heteroatoms. The molecule has 0 atom stereocenters. The highest BCUT2D eigenvalue weighted by Gasteiger charge is 2.25. The van der Waals surface area contributed by atoms with E-state index in [1.807, 2.05) is 42.2 Å². The maximum Gasteiger partial charge on any atom is 0.271 e. The van der Waals surface area contributed by atoms with Crippen molar-refractivity contribution in [3.05, 3.63) is 53.6 Å². The summed E-state index contributed by atoms with van der Waals surface area (Å²) >= 11 is 0. The van der Waals surface area contributed by atoms with Crippen LogP contribution in [0.15, 0.2) is 36.4 Å². The number of benzene rings is 1. The summed E-state index contributed by atoms with van der Waals surface area (Å²) in [7, 11) is 1.62. The van der Waals surface area contributed by atoms with Gasteiger partial charge in [0.05, 0.1) is 12.8 Å². The third-order valence-corrected chi connectivity index (χ3v) is 5.50. The van der Waals surface area contributed by atoms with Crippen LogP contribution in [-0.2, 0) is 6.42 Å². The zero-order valence-corrected chi connectivity index (χ0v) is 17.3. The molecule has 1 aliphatic rings. The Bertz CT molecular complexity index is 1020. The second-order valence-corrected chi connectivity index (χ2v) is 7.64. The molecule has 2 aromatic heterocycles. The number of aromatic amines is 1. The lowest BCUT2D eigenvalue weighted by atomic mass is 9.92. The first-order valence-electron chi connectivity index (χ1n) is 10.1. The number of rotatable bonds is 5. The summed E-state index contributed by atoms with van der Waals surface area (Å²) in [6, 6.07) is 11.3. The van der Waals surface area contributed by atoms with Crippen molar-refractivity contribution in [1.29, 1.82) is 0 Å². The Balaban J connectivity index is 1.38. The topological polar surface area (TPSA) is 110 Å². The van der Waals surface area contributed by atoms with Gasteiger partial charge >= 0.3 is 0 Å². The predicted molar refractivity (Wildman–Crippen MR) is 114 cm³/mol. The van der Waals surface area contributed by atoms with Gasteiger partial charge in [0.1, 0.15) is 23.1 Å². The number of nitrogen functional groups attached to an aromatic ring is 1. The van der Waals surface area contributed by atoms with Gasteiger partial charge in [-0.15, -0.1) is 0 Å². The molecule has 1 saturated heterocycles. The number of H-pyrrole nitrogens is 1. The molecule has 4 rings (SSSR count). The van der Waals surface area contributed by atoms with Gasteiger partial charge in [0.2, 0.25) is 0 Å². The first-order valence-corrected chi connectivity index (χ1v) is 10.1. The van der Waals surface area contributed by atoms with Crippen LogP contribution in [0, 0.1) is 12.8 Å². The number of nitrogens with two attached hydrogens (primary N) is 1. The van der Waals surface area contributed by atoms with Crippen LogP contribution >= 0.6 is 0 Å². The van der Waals surface area contributed by atoms with E-state index in [4.69, 9.17) is 10.5 Å². The molecule has 0 unspecified atom stereocenters. The lowest BCUT2D eigenvalue weighted by molar-refractivity contribution is 0.0684. The van der Waals surface area contributed by atoms with E-state index in [0.29, 0.717) is 42.0 Å². The first kappa shape index (κ1) is 19.9. The summed E-state index contributed by atoms with van der Waals surface area (Å²) in [5.41, 5.74) is 8.85. The molecule has 3 aromatic rings. The minimum Gasteiger partial charge on any atom is -0.496 e. The fourth-order valence-corrected chi connectivity index (χ4v) is 3.99. The quantitative estimate of drug-likeness (QED) is 0.674. The van der Waals surface area contributed by atoms with E-state index in [0.717, 1.165) is 36.3 Å². The summed E-state index contributed by atoms with van der Waals surface area (Å²) in [4.78, 5) is 23.4. The van der Waals surface area contributed by atoms with E-state index in [9.17, 15) is 4.79 Å². The Hall–Kier alpha value is -3.42. The number of methoxy groups -OCH3 is 1. The Morgan fingerprint density at radius 1 is 1.23 bits per heavy atom. The zero-order valence-electron chi connectivity index (χ0n) is 17.3. The first-order chi connectivity index (χ1) is 14.5. The molecular formula is C22H26N6O2. The van der Waals surface area contributed by atoms with E-state index in [-0.39, 0.29) is 5.91 Å². The molecule has 3 heterocycles. The molecule has 1 amide bonds. The van der Waals surface area contributed by atoms with Gasteiger partial charge in [-0.25, -0.2) is 9.97 Å². The number of aryl methyl sites for hydroxylation is 1. The van der Waals surface area contributed by atoms with Crippen molar-refractivity contribution in [2.24, 2.45) is 5.92 Å². The number of nitrogens with one attached hydrogen (secondary N) is 1. The molecule has 1 fully saturated rings. The van der Waals surface area contributed by atoms with Gasteiger partial charge in [-0.3, -0.25) is 9.89 Å². The number of piperidine rings is 1. The van der Waals surface area contributed by atoms with Crippen molar-refractivity contribution in [2.75, 3.05) is 25.9 Å². The molecule has 0 bridgehead atoms. The summed E-state index contributed by atoms with van der Waals surface area (Å²) in [6.07, 6.45) is 2.72. The molecule has 0 aliphatic carbocycles. The van der Waals surface area contributed by atoms with Crippen molar-refractivity contribution < 1.29 is 9.53 Å². The fourth-order valence-electron chi connectivity index (χ4n) is 3.99. The number of anilines is 1. The van der Waals surface area contributed by atoms with Crippen LogP contribution in [0.4, 0.5) is 5.82 Å². The summed E-state index contributed by atoms with van der Waals surface area (Å²) in [5.74, 6) is 2.39. The molecule has 30 heavy (non-hydrogen) atoms. The van der Waals surface area contributed by atoms with Gasteiger partial charge in [0.15, 0.2) is 0 Å². The highest BCUT2D eigenvalue weighted by molar-refractivity contribution is 5.93. The average Bonchev–Trinajstić information content (AvgIpc) is 3.23. The van der Waals surface area contributed by atoms with Gasteiger partial charge in [-0.1, -0.05) is 12.1 Å². The minimum absolute atomic E-state index is 0.0239. The van der Waals surface area contributed by atoms with Crippen LogP contribution in [0.1, 0.15) is 34.8 Å². The Morgan fingerprint density at radius 2 is 2.00 bits per heavy atom. The number of hydrogen-bond acceptors (Lipinski definition) is 6. The number of carbonyl (C=O) groups is 1. The highest BCUT2D eigenvalue weighted by atomic mass is 16.5. The van der Waals surface area contributed by atoms with E-state index in [1.165, 1.54) is 0 Å². The van der Waals surface area contributed by atoms with Gasteiger partial charge in [0, 0.05) is 30.4 Å². The molecule has 0 saturated carbocycles. The van der Waals surface area contributed by atoms with Crippen molar-refractivity contribution >= 4 is 11.7 Å². The molecular weight excluding hydrogens is 380 g/mol. The van der Waals surface area contributed by atoms with E-state index in [1.54, 1.807) is 13.2 Å². The van der Waals surface area contributed by atoms with Gasteiger partial charge in [-0.05, 0) is 50.3 Å². The lowest BCUT2D eigenvalue weighted by Gasteiger charge is -2.31. The number of likely N-dealkylation sites (tertiary alicyclic amines) is 1. The number of carbonyl (C=O) groups excluding carboxylic acids is 1. The lowest BCUT2D eigenvalue weighted by Crippen LogP contribution is -2.39. The van der Waals surface area contributed by atoms with Crippen molar-refractivity contribution in [3.63, 3.8) is 0 Å². The van der Waals surface area contributed by atoms with Gasteiger partial charge in [-0.2, -0.15) is 5.10 Å². The maximum absolute atomic E-state index is 12.9. The SMILES string of the molecule is COc1ccccc1-c1cc(C(=O)N2CCC(Cc3cc(N)nc(C)n3)CC2)[nH]n1. The summed E-state index contributed by atoms with van der Waals surface area (Å²) < 4.78 is 5.40. The Morgan fingerprint density at radius 3 is 2.73 bits per heavy atom. The Kier molecular flexibility index (Phi) is 5.65. The van der Waals surface area contributed by atoms with E-state index >= 15 is 0 Å².